The summed E-state index contributed by atoms with van der Waals surface area (Å²) in [5.41, 5.74) is 0. The van der Waals surface area contributed by atoms with Crippen molar-refractivity contribution in [2.24, 2.45) is 0 Å². The second kappa shape index (κ2) is 5.68. The lowest BCUT2D eigenvalue weighted by Gasteiger charge is -2.21. The molecule has 0 fully saturated rings. The first-order chi connectivity index (χ1) is 7.03. The van der Waals surface area contributed by atoms with Crippen molar-refractivity contribution in [1.82, 2.24) is 0 Å². The van der Waals surface area contributed by atoms with Gasteiger partial charge in [-0.1, -0.05) is 6.92 Å². The number of carbonyl (C=O) groups is 1. The Bertz CT molecular complexity index is 272. The minimum Gasteiger partial charge on any atom is -0.547 e. The molecule has 0 radical (unpaired) electrons. The number of hydrogen-bond acceptors (Lipinski definition) is 3. The second-order valence-electron chi connectivity index (χ2n) is 5.71. The quantitative estimate of drug-likeness (QED) is 0.431. The number of rotatable bonds is 5. The van der Waals surface area contributed by atoms with Gasteiger partial charge in [0.2, 0.25) is 16.6 Å². The summed E-state index contributed by atoms with van der Waals surface area (Å²) in [6, 6.07) is 0. The molecule has 0 saturated carbocycles. The lowest BCUT2D eigenvalue weighted by atomic mass is 10.4. The highest BCUT2D eigenvalue weighted by Gasteiger charge is 2.21. The van der Waals surface area contributed by atoms with Crippen molar-refractivity contribution >= 4 is 22.6 Å². The topological polar surface area (TPSA) is 35.5 Å². The number of hydrogen-bond donors (Lipinski definition) is 0. The Balaban J connectivity index is 4.53. The van der Waals surface area contributed by atoms with Gasteiger partial charge in [-0.2, -0.15) is 0 Å². The molecule has 0 aliphatic carbocycles. The van der Waals surface area contributed by atoms with E-state index in [0.29, 0.717) is 0 Å². The van der Waals surface area contributed by atoms with Crippen molar-refractivity contribution < 1.29 is 13.6 Å². The third kappa shape index (κ3) is 8.73. The molecule has 94 valence electrons. The van der Waals surface area contributed by atoms with Crippen LogP contribution in [0.1, 0.15) is 13.3 Å². The molecular weight excluding hydrogens is 236 g/mol. The fraction of sp³-hybridized carbons (Fsp3) is 0.727. The van der Waals surface area contributed by atoms with E-state index in [1.807, 2.05) is 26.6 Å². The number of allylic oxidation sites excluding steroid dienone is 1. The van der Waals surface area contributed by atoms with Crippen LogP contribution >= 0.6 is 0 Å². The first-order valence-corrected chi connectivity index (χ1v) is 12.5. The lowest BCUT2D eigenvalue weighted by Crippen LogP contribution is -2.29. The number of carbonyl (C=O) groups excluding carboxylic acids is 1. The summed E-state index contributed by atoms with van der Waals surface area (Å²) in [4.78, 5) is 11.6. The monoisotopic (exact) mass is 260 g/mol. The molecule has 0 aromatic heterocycles. The second-order valence-corrected chi connectivity index (χ2v) is 14.6. The fourth-order valence-electron chi connectivity index (χ4n) is 1.06. The van der Waals surface area contributed by atoms with E-state index < -0.39 is 16.6 Å². The molecule has 3 nitrogen and oxygen atoms in total. The summed E-state index contributed by atoms with van der Waals surface area (Å²) in [6.07, 6.45) is 2.22. The van der Waals surface area contributed by atoms with Gasteiger partial charge in [0.1, 0.15) is 0 Å². The maximum absolute atomic E-state index is 11.6. The third-order valence-corrected chi connectivity index (χ3v) is 3.16. The largest absolute Gasteiger partial charge is 0.547 e. The first-order valence-electron chi connectivity index (χ1n) is 5.66. The van der Waals surface area contributed by atoms with Crippen molar-refractivity contribution in [3.63, 3.8) is 0 Å². The normalized spacial score (nSPS) is 13.6. The summed E-state index contributed by atoms with van der Waals surface area (Å²) in [5.74, 6) is 0.469. The van der Waals surface area contributed by atoms with Gasteiger partial charge in [-0.3, -0.25) is 0 Å². The molecular formula is C11H24O3Si2. The van der Waals surface area contributed by atoms with Crippen molar-refractivity contribution in [2.45, 2.75) is 52.6 Å². The smallest absolute Gasteiger partial charge is 0.320 e. The molecule has 0 aliphatic rings. The van der Waals surface area contributed by atoms with Crippen LogP contribution in [0.2, 0.25) is 39.3 Å². The Morgan fingerprint density at radius 2 is 1.44 bits per heavy atom. The highest BCUT2D eigenvalue weighted by atomic mass is 28.4. The van der Waals surface area contributed by atoms with E-state index in [1.54, 1.807) is 0 Å². The molecule has 0 amide bonds. The molecule has 0 rings (SSSR count). The average Bonchev–Trinajstić information content (AvgIpc) is 1.96. The van der Waals surface area contributed by atoms with Crippen LogP contribution in [-0.4, -0.2) is 22.6 Å². The Hall–Kier alpha value is -0.556. The average molecular weight is 260 g/mol. The zero-order valence-electron chi connectivity index (χ0n) is 11.5. The van der Waals surface area contributed by atoms with E-state index in [1.165, 1.54) is 6.08 Å². The summed E-state index contributed by atoms with van der Waals surface area (Å²) in [5, 5.41) is 0. The van der Waals surface area contributed by atoms with Crippen molar-refractivity contribution in [1.29, 1.82) is 0 Å². The van der Waals surface area contributed by atoms with Gasteiger partial charge in [-0.25, -0.2) is 4.79 Å². The zero-order valence-corrected chi connectivity index (χ0v) is 13.5. The van der Waals surface area contributed by atoms with E-state index in [9.17, 15) is 4.79 Å². The molecule has 0 saturated heterocycles. The van der Waals surface area contributed by atoms with Crippen LogP contribution in [0.15, 0.2) is 11.8 Å². The maximum Gasteiger partial charge on any atom is 0.320 e. The molecule has 0 aromatic rings. The molecule has 0 aliphatic heterocycles. The maximum atomic E-state index is 11.6. The molecule has 5 heteroatoms. The van der Waals surface area contributed by atoms with Gasteiger partial charge in [-0.05, 0) is 39.3 Å². The molecule has 0 bridgehead atoms. The first kappa shape index (κ1) is 15.4. The van der Waals surface area contributed by atoms with E-state index in [4.69, 9.17) is 8.85 Å². The van der Waals surface area contributed by atoms with Gasteiger partial charge in [0.05, 0.1) is 11.8 Å². The molecule has 0 unspecified atom stereocenters. The van der Waals surface area contributed by atoms with Crippen LogP contribution in [0.25, 0.3) is 0 Å². The van der Waals surface area contributed by atoms with Crippen LogP contribution in [0.3, 0.4) is 0 Å². The van der Waals surface area contributed by atoms with Crippen LogP contribution < -0.4 is 0 Å². The van der Waals surface area contributed by atoms with Crippen molar-refractivity contribution in [3.8, 4) is 0 Å². The predicted molar refractivity (Wildman–Crippen MR) is 72.2 cm³/mol. The molecule has 0 aromatic carbocycles. The zero-order chi connectivity index (χ0) is 13.0. The standard InChI is InChI=1S/C11H24O3Si2/c1-8-10(13-15(2,3)4)9-11(12)14-16(5,6)7/h9H,8H2,1-7H3/b10-9+. The highest BCUT2D eigenvalue weighted by Crippen LogP contribution is 2.14. The van der Waals surface area contributed by atoms with E-state index in [2.05, 4.69) is 19.6 Å². The highest BCUT2D eigenvalue weighted by molar-refractivity contribution is 6.71. The molecule has 0 N–H and O–H groups in total. The van der Waals surface area contributed by atoms with Crippen LogP contribution in [0, 0.1) is 0 Å². The van der Waals surface area contributed by atoms with E-state index in [0.717, 1.165) is 12.2 Å². The van der Waals surface area contributed by atoms with E-state index in [-0.39, 0.29) is 5.97 Å². The van der Waals surface area contributed by atoms with E-state index >= 15 is 0 Å². The minimum absolute atomic E-state index is 0.269. The van der Waals surface area contributed by atoms with Gasteiger partial charge >= 0.3 is 5.97 Å². The Morgan fingerprint density at radius 1 is 1.00 bits per heavy atom. The van der Waals surface area contributed by atoms with Crippen molar-refractivity contribution in [3.05, 3.63) is 11.8 Å². The van der Waals surface area contributed by atoms with Gasteiger partial charge in [0, 0.05) is 6.42 Å². The molecule has 0 atom stereocenters. The van der Waals surface area contributed by atoms with Gasteiger partial charge in [0.25, 0.3) is 0 Å². The molecule has 0 heterocycles. The van der Waals surface area contributed by atoms with Gasteiger partial charge in [0.15, 0.2) is 0 Å². The Labute approximate surface area is 101 Å². The fourth-order valence-corrected chi connectivity index (χ4v) is 2.71. The summed E-state index contributed by atoms with van der Waals surface area (Å²) >= 11 is 0. The summed E-state index contributed by atoms with van der Waals surface area (Å²) in [7, 11) is -3.43. The van der Waals surface area contributed by atoms with Gasteiger partial charge < -0.3 is 8.85 Å². The Morgan fingerprint density at radius 3 is 1.75 bits per heavy atom. The summed E-state index contributed by atoms with van der Waals surface area (Å²) in [6.45, 7) is 14.2. The Kier molecular flexibility index (Phi) is 5.48. The van der Waals surface area contributed by atoms with Crippen molar-refractivity contribution in [2.75, 3.05) is 0 Å². The third-order valence-electron chi connectivity index (χ3n) is 1.47. The SMILES string of the molecule is CC/C(=C\C(=O)O[Si](C)(C)C)O[Si](C)(C)C. The predicted octanol–water partition coefficient (Wildman–Crippen LogP) is 3.51. The summed E-state index contributed by atoms with van der Waals surface area (Å²) < 4.78 is 11.1. The minimum atomic E-state index is -1.80. The van der Waals surface area contributed by atoms with Crippen LogP contribution in [0.5, 0.6) is 0 Å². The van der Waals surface area contributed by atoms with Crippen LogP contribution in [0.4, 0.5) is 0 Å². The van der Waals surface area contributed by atoms with Gasteiger partial charge in [-0.15, -0.1) is 0 Å². The van der Waals surface area contributed by atoms with Crippen LogP contribution in [-0.2, 0) is 13.6 Å². The lowest BCUT2D eigenvalue weighted by molar-refractivity contribution is -0.129. The molecule has 16 heavy (non-hydrogen) atoms. The molecule has 0 spiro atoms.